The van der Waals surface area contributed by atoms with E-state index in [1.165, 1.54) is 13.0 Å². The number of halogens is 3. The van der Waals surface area contributed by atoms with Crippen LogP contribution in [0, 0.1) is 6.92 Å². The van der Waals surface area contributed by atoms with Crippen molar-refractivity contribution >= 4 is 16.6 Å². The lowest BCUT2D eigenvalue weighted by Gasteiger charge is -2.21. The van der Waals surface area contributed by atoms with E-state index in [4.69, 9.17) is 4.74 Å². The van der Waals surface area contributed by atoms with Gasteiger partial charge in [-0.25, -0.2) is 0 Å². The van der Waals surface area contributed by atoms with E-state index in [2.05, 4.69) is 34.5 Å². The molecule has 8 heteroatoms. The first kappa shape index (κ1) is 23.3. The predicted octanol–water partition coefficient (Wildman–Crippen LogP) is 5.99. The Balaban J connectivity index is 1.58. The number of hydrogen-bond acceptors (Lipinski definition) is 5. The Morgan fingerprint density at radius 1 is 1.15 bits per heavy atom. The van der Waals surface area contributed by atoms with E-state index in [1.54, 1.807) is 12.3 Å². The first-order chi connectivity index (χ1) is 15.6. The topological polar surface area (TPSA) is 50.3 Å². The molecule has 1 fully saturated rings. The van der Waals surface area contributed by atoms with Crippen LogP contribution in [0.15, 0.2) is 42.6 Å². The van der Waals surface area contributed by atoms with Crippen LogP contribution in [0.4, 0.5) is 19.0 Å². The van der Waals surface area contributed by atoms with Gasteiger partial charge in [0.15, 0.2) is 5.82 Å². The summed E-state index contributed by atoms with van der Waals surface area (Å²) in [5.74, 6) is 1.27. The van der Waals surface area contributed by atoms with Crippen molar-refractivity contribution in [3.8, 4) is 5.75 Å². The zero-order valence-electron chi connectivity index (χ0n) is 19.3. The number of anilines is 1. The van der Waals surface area contributed by atoms with Gasteiger partial charge < -0.3 is 15.0 Å². The summed E-state index contributed by atoms with van der Waals surface area (Å²) < 4.78 is 46.3. The molecule has 0 aliphatic heterocycles. The van der Waals surface area contributed by atoms with Gasteiger partial charge in [0, 0.05) is 16.8 Å². The van der Waals surface area contributed by atoms with Gasteiger partial charge in [-0.2, -0.15) is 18.3 Å². The minimum Gasteiger partial charge on any atom is -0.490 e. The first-order valence-electron chi connectivity index (χ1n) is 11.1. The van der Waals surface area contributed by atoms with Crippen LogP contribution in [0.25, 0.3) is 10.8 Å². The lowest BCUT2D eigenvalue weighted by atomic mass is 9.97. The third-order valence-electron chi connectivity index (χ3n) is 6.53. The summed E-state index contributed by atoms with van der Waals surface area (Å²) in [5, 5.41) is 13.3. The average Bonchev–Trinajstić information content (AvgIpc) is 3.22. The van der Waals surface area contributed by atoms with Crippen molar-refractivity contribution in [3.63, 3.8) is 0 Å². The van der Waals surface area contributed by atoms with Gasteiger partial charge in [-0.3, -0.25) is 0 Å². The standard InChI is InChI=1S/C25H29F3N4O/c1-15-21(6-5-7-23(15)25(26,27)28)16(2)30-24-22-13-20(10-8-17(22)14-29-31-24)33-19-11-9-18(12-19)32(3)4/h5-8,10,13-14,16,18-19H,9,11-12H2,1-4H3,(H,30,31)/t16-,18?,19?/m1/s1. The van der Waals surface area contributed by atoms with Gasteiger partial charge in [-0.05, 0) is 82.6 Å². The largest absolute Gasteiger partial charge is 0.490 e. The number of aromatic nitrogens is 2. The highest BCUT2D eigenvalue weighted by molar-refractivity contribution is 5.92. The van der Waals surface area contributed by atoms with Gasteiger partial charge in [0.05, 0.1) is 17.8 Å². The smallest absolute Gasteiger partial charge is 0.416 e. The molecule has 33 heavy (non-hydrogen) atoms. The average molecular weight is 459 g/mol. The van der Waals surface area contributed by atoms with Crippen molar-refractivity contribution in [1.82, 2.24) is 15.1 Å². The fourth-order valence-electron chi connectivity index (χ4n) is 4.63. The monoisotopic (exact) mass is 458 g/mol. The Hall–Kier alpha value is -2.87. The van der Waals surface area contributed by atoms with Gasteiger partial charge in [-0.15, -0.1) is 5.10 Å². The number of rotatable bonds is 6. The highest BCUT2D eigenvalue weighted by Crippen LogP contribution is 2.36. The van der Waals surface area contributed by atoms with Crippen LogP contribution in [0.3, 0.4) is 0 Å². The predicted molar refractivity (Wildman–Crippen MR) is 123 cm³/mol. The van der Waals surface area contributed by atoms with Crippen molar-refractivity contribution in [2.45, 2.75) is 57.5 Å². The normalized spacial score (nSPS) is 19.8. The van der Waals surface area contributed by atoms with Crippen LogP contribution in [-0.4, -0.2) is 41.3 Å². The van der Waals surface area contributed by atoms with E-state index in [-0.39, 0.29) is 11.7 Å². The van der Waals surface area contributed by atoms with Crippen LogP contribution < -0.4 is 10.1 Å². The Labute approximate surface area is 192 Å². The second-order valence-corrected chi connectivity index (χ2v) is 9.00. The van der Waals surface area contributed by atoms with Crippen LogP contribution in [0.1, 0.15) is 48.9 Å². The molecule has 1 N–H and O–H groups in total. The van der Waals surface area contributed by atoms with Crippen molar-refractivity contribution in [2.24, 2.45) is 0 Å². The fourth-order valence-corrected chi connectivity index (χ4v) is 4.63. The van der Waals surface area contributed by atoms with Crippen LogP contribution in [0.5, 0.6) is 5.75 Å². The van der Waals surface area contributed by atoms with Crippen molar-refractivity contribution in [3.05, 3.63) is 59.3 Å². The van der Waals surface area contributed by atoms with E-state index < -0.39 is 17.8 Å². The van der Waals surface area contributed by atoms with Crippen molar-refractivity contribution in [1.29, 1.82) is 0 Å². The number of hydrogen-bond donors (Lipinski definition) is 1. The zero-order valence-corrected chi connectivity index (χ0v) is 19.3. The molecule has 3 aromatic rings. The van der Waals surface area contributed by atoms with E-state index in [0.717, 1.165) is 41.9 Å². The maximum absolute atomic E-state index is 13.3. The summed E-state index contributed by atoms with van der Waals surface area (Å²) in [6, 6.07) is 10.2. The molecular formula is C25H29F3N4O. The molecule has 0 spiro atoms. The summed E-state index contributed by atoms with van der Waals surface area (Å²) in [7, 11) is 4.18. The molecule has 1 aliphatic carbocycles. The van der Waals surface area contributed by atoms with Gasteiger partial charge in [0.25, 0.3) is 0 Å². The maximum Gasteiger partial charge on any atom is 0.416 e. The molecule has 0 radical (unpaired) electrons. The molecule has 0 amide bonds. The molecule has 0 bridgehead atoms. The zero-order chi connectivity index (χ0) is 23.8. The molecule has 2 aromatic carbocycles. The molecule has 1 aliphatic rings. The molecular weight excluding hydrogens is 429 g/mol. The van der Waals surface area contributed by atoms with Crippen LogP contribution in [0.2, 0.25) is 0 Å². The molecule has 1 aromatic heterocycles. The van der Waals surface area contributed by atoms with Crippen LogP contribution in [-0.2, 0) is 6.18 Å². The summed E-state index contributed by atoms with van der Waals surface area (Å²) in [4.78, 5) is 2.23. The number of fused-ring (bicyclic) bond motifs is 1. The van der Waals surface area contributed by atoms with Gasteiger partial charge >= 0.3 is 6.18 Å². The molecule has 1 heterocycles. The molecule has 2 unspecified atom stereocenters. The van der Waals surface area contributed by atoms with E-state index >= 15 is 0 Å². The molecule has 3 atom stereocenters. The lowest BCUT2D eigenvalue weighted by Crippen LogP contribution is -2.26. The number of benzene rings is 2. The Bertz CT molecular complexity index is 1130. The van der Waals surface area contributed by atoms with E-state index in [0.29, 0.717) is 17.4 Å². The summed E-state index contributed by atoms with van der Waals surface area (Å²) in [6.45, 7) is 3.32. The summed E-state index contributed by atoms with van der Waals surface area (Å²) in [6.07, 6.45) is 0.535. The molecule has 0 saturated heterocycles. The number of ether oxygens (including phenoxy) is 1. The number of alkyl halides is 3. The second kappa shape index (κ2) is 9.17. The number of nitrogens with one attached hydrogen (secondary N) is 1. The van der Waals surface area contributed by atoms with Crippen molar-refractivity contribution < 1.29 is 17.9 Å². The van der Waals surface area contributed by atoms with Gasteiger partial charge in [0.2, 0.25) is 0 Å². The third kappa shape index (κ3) is 5.05. The third-order valence-corrected chi connectivity index (χ3v) is 6.53. The molecule has 1 saturated carbocycles. The second-order valence-electron chi connectivity index (χ2n) is 9.00. The maximum atomic E-state index is 13.3. The molecule has 5 nitrogen and oxygen atoms in total. The van der Waals surface area contributed by atoms with Crippen LogP contribution >= 0.6 is 0 Å². The summed E-state index contributed by atoms with van der Waals surface area (Å²) in [5.41, 5.74) is 0.150. The van der Waals surface area contributed by atoms with E-state index in [1.807, 2.05) is 25.1 Å². The Kier molecular flexibility index (Phi) is 6.47. The van der Waals surface area contributed by atoms with Crippen molar-refractivity contribution in [2.75, 3.05) is 19.4 Å². The Morgan fingerprint density at radius 2 is 1.94 bits per heavy atom. The van der Waals surface area contributed by atoms with Gasteiger partial charge in [0.1, 0.15) is 11.9 Å². The van der Waals surface area contributed by atoms with Gasteiger partial charge in [-0.1, -0.05) is 12.1 Å². The lowest BCUT2D eigenvalue weighted by molar-refractivity contribution is -0.138. The highest BCUT2D eigenvalue weighted by Gasteiger charge is 2.33. The first-order valence-corrected chi connectivity index (χ1v) is 11.1. The SMILES string of the molecule is Cc1c([C@@H](C)Nc2nncc3ccc(OC4CCC(N(C)C)C4)cc23)cccc1C(F)(F)F. The quantitative estimate of drug-likeness (QED) is 0.492. The Morgan fingerprint density at radius 3 is 2.64 bits per heavy atom. The molecule has 176 valence electrons. The van der Waals surface area contributed by atoms with E-state index in [9.17, 15) is 13.2 Å². The minimum atomic E-state index is -4.39. The highest BCUT2D eigenvalue weighted by atomic mass is 19.4. The summed E-state index contributed by atoms with van der Waals surface area (Å²) >= 11 is 0. The minimum absolute atomic E-state index is 0.160. The molecule has 4 rings (SSSR count). The number of nitrogens with zero attached hydrogens (tertiary/aromatic N) is 3. The fraction of sp³-hybridized carbons (Fsp3) is 0.440.